The molecule has 2 heterocycles. The van der Waals surface area contributed by atoms with Crippen molar-refractivity contribution in [3.63, 3.8) is 0 Å². The summed E-state index contributed by atoms with van der Waals surface area (Å²) < 4.78 is 0. The summed E-state index contributed by atoms with van der Waals surface area (Å²) in [6, 6.07) is 0.294. The third-order valence-corrected chi connectivity index (χ3v) is 3.44. The number of aryl methyl sites for hydroxylation is 1. The number of carbonyl (C=O) groups is 1. The van der Waals surface area contributed by atoms with Gasteiger partial charge in [-0.1, -0.05) is 13.8 Å². The molecule has 2 rings (SSSR count). The molecule has 0 radical (unpaired) electrons. The number of aromatic nitrogens is 3. The second kappa shape index (κ2) is 4.85. The van der Waals surface area contributed by atoms with E-state index < -0.39 is 0 Å². The van der Waals surface area contributed by atoms with Crippen LogP contribution < -0.4 is 0 Å². The molecule has 94 valence electrons. The van der Waals surface area contributed by atoms with Crippen LogP contribution in [0.15, 0.2) is 0 Å². The molecule has 1 aromatic rings. The van der Waals surface area contributed by atoms with Crippen LogP contribution in [0.2, 0.25) is 0 Å². The van der Waals surface area contributed by atoms with Crippen molar-refractivity contribution in [2.24, 2.45) is 5.92 Å². The number of nitrogens with one attached hydrogen (secondary N) is 1. The molecule has 2 atom stereocenters. The molecule has 2 unspecified atom stereocenters. The number of carbonyl (C=O) groups excluding carboxylic acids is 1. The summed E-state index contributed by atoms with van der Waals surface area (Å²) in [4.78, 5) is 18.4. The van der Waals surface area contributed by atoms with Crippen LogP contribution in [0, 0.1) is 5.92 Å². The van der Waals surface area contributed by atoms with Gasteiger partial charge in [-0.05, 0) is 25.7 Å². The Morgan fingerprint density at radius 1 is 1.47 bits per heavy atom. The van der Waals surface area contributed by atoms with Gasteiger partial charge in [-0.15, -0.1) is 5.10 Å². The largest absolute Gasteiger partial charge is 0.333 e. The van der Waals surface area contributed by atoms with E-state index in [1.807, 2.05) is 11.8 Å². The van der Waals surface area contributed by atoms with E-state index in [9.17, 15) is 4.79 Å². The molecule has 1 fully saturated rings. The molecule has 1 N–H and O–H groups in total. The second-order valence-electron chi connectivity index (χ2n) is 4.95. The summed E-state index contributed by atoms with van der Waals surface area (Å²) in [5, 5.41) is 6.79. The fraction of sp³-hybridized carbons (Fsp3) is 0.750. The Morgan fingerprint density at radius 3 is 2.88 bits per heavy atom. The van der Waals surface area contributed by atoms with Crippen LogP contribution in [-0.4, -0.2) is 38.6 Å². The van der Waals surface area contributed by atoms with E-state index in [2.05, 4.69) is 29.0 Å². The quantitative estimate of drug-likeness (QED) is 0.849. The molecule has 0 aromatic carbocycles. The monoisotopic (exact) mass is 236 g/mol. The molecule has 0 saturated carbocycles. The highest BCUT2D eigenvalue weighted by molar-refractivity contribution is 5.90. The molecule has 5 heteroatoms. The lowest BCUT2D eigenvalue weighted by atomic mass is 9.95. The number of amides is 1. The number of piperidine rings is 1. The Balaban J connectivity index is 2.12. The molecule has 1 aromatic heterocycles. The number of likely N-dealkylation sites (tertiary alicyclic amines) is 1. The zero-order valence-electron chi connectivity index (χ0n) is 10.7. The first-order valence-corrected chi connectivity index (χ1v) is 6.34. The van der Waals surface area contributed by atoms with Crippen molar-refractivity contribution >= 4 is 5.91 Å². The van der Waals surface area contributed by atoms with E-state index in [-0.39, 0.29) is 5.91 Å². The third kappa shape index (κ3) is 2.48. The first-order valence-electron chi connectivity index (χ1n) is 6.34. The highest BCUT2D eigenvalue weighted by Crippen LogP contribution is 2.22. The Morgan fingerprint density at radius 2 is 2.24 bits per heavy atom. The number of aromatic amines is 1. The summed E-state index contributed by atoms with van der Waals surface area (Å²) in [6.07, 6.45) is 3.03. The second-order valence-corrected chi connectivity index (χ2v) is 4.95. The average Bonchev–Trinajstić information content (AvgIpc) is 2.80. The fourth-order valence-electron chi connectivity index (χ4n) is 2.25. The zero-order chi connectivity index (χ0) is 12.4. The van der Waals surface area contributed by atoms with Gasteiger partial charge in [-0.25, -0.2) is 4.98 Å². The maximum atomic E-state index is 12.3. The maximum absolute atomic E-state index is 12.3. The van der Waals surface area contributed by atoms with Gasteiger partial charge in [0.2, 0.25) is 5.82 Å². The highest BCUT2D eigenvalue weighted by Gasteiger charge is 2.29. The minimum atomic E-state index is -0.0417. The summed E-state index contributed by atoms with van der Waals surface area (Å²) in [5.41, 5.74) is 0. The standard InChI is InChI=1S/C12H20N4O/c1-4-10-13-11(15-14-10)12(17)16-7-8(2)5-6-9(16)3/h8-9H,4-7H2,1-3H3,(H,13,14,15). The van der Waals surface area contributed by atoms with Crippen molar-refractivity contribution in [2.75, 3.05) is 6.54 Å². The predicted molar refractivity (Wildman–Crippen MR) is 64.7 cm³/mol. The van der Waals surface area contributed by atoms with E-state index in [0.717, 1.165) is 25.2 Å². The van der Waals surface area contributed by atoms with Gasteiger partial charge in [0, 0.05) is 19.0 Å². The molecule has 1 amide bonds. The van der Waals surface area contributed by atoms with Gasteiger partial charge >= 0.3 is 0 Å². The lowest BCUT2D eigenvalue weighted by Crippen LogP contribution is -2.45. The Bertz CT molecular complexity index is 401. The predicted octanol–water partition coefficient (Wildman–Crippen LogP) is 1.63. The average molecular weight is 236 g/mol. The third-order valence-electron chi connectivity index (χ3n) is 3.44. The smallest absolute Gasteiger partial charge is 0.293 e. The molecule has 0 spiro atoms. The number of rotatable bonds is 2. The Hall–Kier alpha value is -1.39. The minimum absolute atomic E-state index is 0.0417. The van der Waals surface area contributed by atoms with Gasteiger partial charge in [0.1, 0.15) is 5.82 Å². The lowest BCUT2D eigenvalue weighted by Gasteiger charge is -2.36. The van der Waals surface area contributed by atoms with E-state index in [4.69, 9.17) is 0 Å². The number of H-pyrrole nitrogens is 1. The zero-order valence-corrected chi connectivity index (χ0v) is 10.7. The van der Waals surface area contributed by atoms with E-state index in [1.165, 1.54) is 6.42 Å². The van der Waals surface area contributed by atoms with Crippen molar-refractivity contribution < 1.29 is 4.79 Å². The van der Waals surface area contributed by atoms with Gasteiger partial charge in [0.15, 0.2) is 0 Å². The van der Waals surface area contributed by atoms with E-state index in [0.29, 0.717) is 17.8 Å². The van der Waals surface area contributed by atoms with Gasteiger partial charge in [0.25, 0.3) is 5.91 Å². The molecule has 1 aliphatic rings. The van der Waals surface area contributed by atoms with Gasteiger partial charge in [-0.3, -0.25) is 9.89 Å². The summed E-state index contributed by atoms with van der Waals surface area (Å²) in [5.74, 6) is 1.61. The summed E-state index contributed by atoms with van der Waals surface area (Å²) in [6.45, 7) is 7.08. The number of hydrogen-bond donors (Lipinski definition) is 1. The molecule has 17 heavy (non-hydrogen) atoms. The summed E-state index contributed by atoms with van der Waals surface area (Å²) >= 11 is 0. The molecule has 0 aliphatic carbocycles. The Kier molecular flexibility index (Phi) is 3.45. The summed E-state index contributed by atoms with van der Waals surface area (Å²) in [7, 11) is 0. The molecule has 5 nitrogen and oxygen atoms in total. The van der Waals surface area contributed by atoms with Crippen LogP contribution in [0.1, 0.15) is 50.1 Å². The van der Waals surface area contributed by atoms with Crippen LogP contribution in [0.3, 0.4) is 0 Å². The topological polar surface area (TPSA) is 61.9 Å². The van der Waals surface area contributed by atoms with Crippen molar-refractivity contribution in [1.29, 1.82) is 0 Å². The van der Waals surface area contributed by atoms with Gasteiger partial charge in [0.05, 0.1) is 0 Å². The van der Waals surface area contributed by atoms with Crippen molar-refractivity contribution in [3.05, 3.63) is 11.6 Å². The first kappa shape index (κ1) is 12.1. The molecular weight excluding hydrogens is 216 g/mol. The normalized spacial score (nSPS) is 25.0. The number of nitrogens with zero attached hydrogens (tertiary/aromatic N) is 3. The van der Waals surface area contributed by atoms with Crippen LogP contribution in [-0.2, 0) is 6.42 Å². The Labute approximate surface area is 102 Å². The molecule has 0 bridgehead atoms. The van der Waals surface area contributed by atoms with Gasteiger partial charge in [-0.2, -0.15) is 0 Å². The molecule has 1 aliphatic heterocycles. The van der Waals surface area contributed by atoms with E-state index in [1.54, 1.807) is 0 Å². The molecular formula is C12H20N4O. The lowest BCUT2D eigenvalue weighted by molar-refractivity contribution is 0.0562. The van der Waals surface area contributed by atoms with Crippen molar-refractivity contribution in [2.45, 2.75) is 46.1 Å². The van der Waals surface area contributed by atoms with Gasteiger partial charge < -0.3 is 4.90 Å². The maximum Gasteiger partial charge on any atom is 0.293 e. The van der Waals surface area contributed by atoms with E-state index >= 15 is 0 Å². The van der Waals surface area contributed by atoms with Crippen LogP contribution in [0.25, 0.3) is 0 Å². The molecule has 1 saturated heterocycles. The van der Waals surface area contributed by atoms with Crippen LogP contribution in [0.4, 0.5) is 0 Å². The highest BCUT2D eigenvalue weighted by atomic mass is 16.2. The van der Waals surface area contributed by atoms with Crippen molar-refractivity contribution in [3.8, 4) is 0 Å². The van der Waals surface area contributed by atoms with Crippen molar-refractivity contribution in [1.82, 2.24) is 20.1 Å². The SMILES string of the molecule is CCc1nc(C(=O)N2CC(C)CCC2C)n[nH]1. The fourth-order valence-corrected chi connectivity index (χ4v) is 2.25. The van der Waals surface area contributed by atoms with Crippen LogP contribution >= 0.6 is 0 Å². The van der Waals surface area contributed by atoms with Crippen LogP contribution in [0.5, 0.6) is 0 Å². The minimum Gasteiger partial charge on any atom is -0.333 e. The first-order chi connectivity index (χ1) is 8.11. The number of hydrogen-bond acceptors (Lipinski definition) is 3.